The van der Waals surface area contributed by atoms with E-state index in [9.17, 15) is 4.79 Å². The second kappa shape index (κ2) is 9.00. The van der Waals surface area contributed by atoms with Crippen LogP contribution in [0.2, 0.25) is 0 Å². The third-order valence-corrected chi connectivity index (χ3v) is 4.97. The lowest BCUT2D eigenvalue weighted by molar-refractivity contribution is 0.0523. The van der Waals surface area contributed by atoms with Crippen LogP contribution < -0.4 is 10.6 Å². The average Bonchev–Trinajstić information content (AvgIpc) is 3.16. The van der Waals surface area contributed by atoms with E-state index in [0.29, 0.717) is 12.5 Å². The molecule has 0 bridgehead atoms. The highest BCUT2D eigenvalue weighted by atomic mass is 32.1. The van der Waals surface area contributed by atoms with Gasteiger partial charge in [-0.15, -0.1) is 11.3 Å². The molecule has 0 aliphatic heterocycles. The fraction of sp³-hybridized carbons (Fsp3) is 0.333. The van der Waals surface area contributed by atoms with Gasteiger partial charge in [-0.1, -0.05) is 19.1 Å². The molecule has 152 valence electrons. The topological polar surface area (TPSA) is 89.0 Å². The van der Waals surface area contributed by atoms with Crippen LogP contribution in [0.4, 0.5) is 16.4 Å². The van der Waals surface area contributed by atoms with Crippen LogP contribution in [0.5, 0.6) is 0 Å². The number of ether oxygens (including phenoxy) is 1. The van der Waals surface area contributed by atoms with Crippen molar-refractivity contribution in [2.24, 2.45) is 0 Å². The van der Waals surface area contributed by atoms with Gasteiger partial charge < -0.3 is 15.4 Å². The van der Waals surface area contributed by atoms with E-state index in [4.69, 9.17) is 4.74 Å². The Morgan fingerprint density at radius 1 is 1.14 bits per heavy atom. The van der Waals surface area contributed by atoms with E-state index in [1.807, 2.05) is 57.3 Å². The zero-order valence-electron chi connectivity index (χ0n) is 17.0. The molecule has 0 spiro atoms. The van der Waals surface area contributed by atoms with Crippen molar-refractivity contribution in [2.45, 2.75) is 46.3 Å². The van der Waals surface area contributed by atoms with Gasteiger partial charge in [0.2, 0.25) is 5.95 Å². The standard InChI is InChI=1S/C21H25N5O2S/c1-5-18-23-13-17(29-18)16-10-11-22-19(26-16)25-15-8-6-14(7-9-15)12-24-20(27)28-21(2,3)4/h6-11,13H,5,12H2,1-4H3,(H,24,27)(H,22,25,26). The Kier molecular flexibility index (Phi) is 6.43. The molecule has 2 aromatic heterocycles. The van der Waals surface area contributed by atoms with Crippen molar-refractivity contribution in [3.8, 4) is 10.6 Å². The zero-order valence-corrected chi connectivity index (χ0v) is 17.8. The third-order valence-electron chi connectivity index (χ3n) is 3.81. The number of rotatable bonds is 6. The highest BCUT2D eigenvalue weighted by Gasteiger charge is 2.15. The molecule has 0 unspecified atom stereocenters. The number of nitrogens with zero attached hydrogens (tertiary/aromatic N) is 3. The van der Waals surface area contributed by atoms with Gasteiger partial charge >= 0.3 is 6.09 Å². The quantitative estimate of drug-likeness (QED) is 0.598. The number of aromatic nitrogens is 3. The molecule has 0 aliphatic rings. The molecule has 7 nitrogen and oxygen atoms in total. The van der Waals surface area contributed by atoms with E-state index in [1.54, 1.807) is 17.5 Å². The molecule has 2 N–H and O–H groups in total. The summed E-state index contributed by atoms with van der Waals surface area (Å²) in [4.78, 5) is 26.0. The summed E-state index contributed by atoms with van der Waals surface area (Å²) < 4.78 is 5.24. The molecule has 0 saturated carbocycles. The minimum Gasteiger partial charge on any atom is -0.444 e. The first-order valence-electron chi connectivity index (χ1n) is 9.43. The summed E-state index contributed by atoms with van der Waals surface area (Å²) in [5.74, 6) is 0.522. The van der Waals surface area contributed by atoms with Crippen LogP contribution in [0.25, 0.3) is 10.6 Å². The Balaban J connectivity index is 1.60. The van der Waals surface area contributed by atoms with E-state index >= 15 is 0 Å². The molecule has 8 heteroatoms. The molecule has 0 fully saturated rings. The number of carbonyl (C=O) groups excluding carboxylic acids is 1. The molecule has 29 heavy (non-hydrogen) atoms. The predicted octanol–water partition coefficient (Wildman–Crippen LogP) is 4.93. The number of thiazole rings is 1. The van der Waals surface area contributed by atoms with Gasteiger partial charge in [0.05, 0.1) is 15.6 Å². The molecule has 1 amide bonds. The van der Waals surface area contributed by atoms with Crippen LogP contribution in [-0.4, -0.2) is 26.6 Å². The van der Waals surface area contributed by atoms with Crippen molar-refractivity contribution in [1.29, 1.82) is 0 Å². The molecule has 0 aliphatic carbocycles. The molecule has 1 aromatic carbocycles. The van der Waals surface area contributed by atoms with Crippen molar-refractivity contribution >= 4 is 29.1 Å². The van der Waals surface area contributed by atoms with Gasteiger partial charge in [-0.3, -0.25) is 0 Å². The maximum Gasteiger partial charge on any atom is 0.407 e. The summed E-state index contributed by atoms with van der Waals surface area (Å²) in [5, 5.41) is 7.04. The minimum absolute atomic E-state index is 0.395. The number of hydrogen-bond acceptors (Lipinski definition) is 7. The van der Waals surface area contributed by atoms with Crippen molar-refractivity contribution in [2.75, 3.05) is 5.32 Å². The van der Waals surface area contributed by atoms with Crippen LogP contribution in [0.3, 0.4) is 0 Å². The maximum absolute atomic E-state index is 11.7. The summed E-state index contributed by atoms with van der Waals surface area (Å²) in [5.41, 5.74) is 2.16. The first-order valence-corrected chi connectivity index (χ1v) is 10.2. The number of aryl methyl sites for hydroxylation is 1. The SMILES string of the molecule is CCc1ncc(-c2ccnc(Nc3ccc(CNC(=O)OC(C)(C)C)cc3)n2)s1. The number of nitrogens with one attached hydrogen (secondary N) is 2. The molecule has 0 radical (unpaired) electrons. The van der Waals surface area contributed by atoms with Crippen LogP contribution in [0, 0.1) is 0 Å². The van der Waals surface area contributed by atoms with Gasteiger partial charge in [-0.05, 0) is 51.0 Å². The van der Waals surface area contributed by atoms with Crippen molar-refractivity contribution < 1.29 is 9.53 Å². The first kappa shape index (κ1) is 20.7. The lowest BCUT2D eigenvalue weighted by Crippen LogP contribution is -2.32. The number of alkyl carbamates (subject to hydrolysis) is 1. The lowest BCUT2D eigenvalue weighted by Gasteiger charge is -2.19. The van der Waals surface area contributed by atoms with E-state index in [-0.39, 0.29) is 0 Å². The monoisotopic (exact) mass is 411 g/mol. The van der Waals surface area contributed by atoms with Gasteiger partial charge in [0.1, 0.15) is 5.60 Å². The predicted molar refractivity (Wildman–Crippen MR) is 115 cm³/mol. The Morgan fingerprint density at radius 2 is 1.90 bits per heavy atom. The normalized spacial score (nSPS) is 11.2. The summed E-state index contributed by atoms with van der Waals surface area (Å²) in [6, 6.07) is 9.58. The molecule has 3 rings (SSSR count). The third kappa shape index (κ3) is 6.25. The van der Waals surface area contributed by atoms with Gasteiger partial charge in [-0.2, -0.15) is 0 Å². The smallest absolute Gasteiger partial charge is 0.407 e. The maximum atomic E-state index is 11.7. The van der Waals surface area contributed by atoms with Gasteiger partial charge in [0, 0.05) is 24.6 Å². The van der Waals surface area contributed by atoms with Crippen LogP contribution in [-0.2, 0) is 17.7 Å². The molecule has 2 heterocycles. The Bertz CT molecular complexity index is 964. The van der Waals surface area contributed by atoms with Crippen LogP contribution in [0.1, 0.15) is 38.3 Å². The number of anilines is 2. The summed E-state index contributed by atoms with van der Waals surface area (Å²) in [6.07, 6.45) is 4.06. The molecule has 3 aromatic rings. The van der Waals surface area contributed by atoms with Gasteiger partial charge in [-0.25, -0.2) is 19.7 Å². The number of benzene rings is 1. The average molecular weight is 412 g/mol. The van der Waals surface area contributed by atoms with Gasteiger partial charge in [0.25, 0.3) is 0 Å². The zero-order chi connectivity index (χ0) is 20.9. The van der Waals surface area contributed by atoms with Gasteiger partial charge in [0.15, 0.2) is 0 Å². The fourth-order valence-electron chi connectivity index (χ4n) is 2.47. The second-order valence-electron chi connectivity index (χ2n) is 7.41. The van der Waals surface area contributed by atoms with E-state index in [2.05, 4.69) is 32.5 Å². The van der Waals surface area contributed by atoms with Crippen LogP contribution in [0.15, 0.2) is 42.7 Å². The number of hydrogen-bond donors (Lipinski definition) is 2. The van der Waals surface area contributed by atoms with E-state index in [1.165, 1.54) is 0 Å². The highest BCUT2D eigenvalue weighted by Crippen LogP contribution is 2.25. The molecular weight excluding hydrogens is 386 g/mol. The molecule has 0 atom stereocenters. The minimum atomic E-state index is -0.510. The van der Waals surface area contributed by atoms with Crippen molar-refractivity contribution in [3.63, 3.8) is 0 Å². The molecule has 0 saturated heterocycles. The lowest BCUT2D eigenvalue weighted by atomic mass is 10.2. The highest BCUT2D eigenvalue weighted by molar-refractivity contribution is 7.15. The van der Waals surface area contributed by atoms with Crippen molar-refractivity contribution in [1.82, 2.24) is 20.3 Å². The number of amides is 1. The second-order valence-corrected chi connectivity index (χ2v) is 8.53. The van der Waals surface area contributed by atoms with Crippen LogP contribution >= 0.6 is 11.3 Å². The first-order chi connectivity index (χ1) is 13.8. The van der Waals surface area contributed by atoms with E-state index < -0.39 is 11.7 Å². The van der Waals surface area contributed by atoms with E-state index in [0.717, 1.165) is 33.3 Å². The summed E-state index contributed by atoms with van der Waals surface area (Å²) >= 11 is 1.64. The number of carbonyl (C=O) groups is 1. The fourth-order valence-corrected chi connectivity index (χ4v) is 3.30. The van der Waals surface area contributed by atoms with Crippen molar-refractivity contribution in [3.05, 3.63) is 53.3 Å². The Labute approximate surface area is 174 Å². The molecular formula is C21H25N5O2S. The largest absolute Gasteiger partial charge is 0.444 e. The Hall–Kier alpha value is -3.00. The summed E-state index contributed by atoms with van der Waals surface area (Å²) in [6.45, 7) is 7.99. The Morgan fingerprint density at radius 3 is 2.55 bits per heavy atom. The summed E-state index contributed by atoms with van der Waals surface area (Å²) in [7, 11) is 0.